The Morgan fingerprint density at radius 3 is 2.84 bits per heavy atom. The lowest BCUT2D eigenvalue weighted by molar-refractivity contribution is -0.121. The smallest absolute Gasteiger partial charge is 0.220 e. The molecule has 4 nitrogen and oxygen atoms in total. The van der Waals surface area contributed by atoms with Crippen LogP contribution in [0.3, 0.4) is 0 Å². The van der Waals surface area contributed by atoms with Gasteiger partial charge in [-0.1, -0.05) is 25.0 Å². The highest BCUT2D eigenvalue weighted by atomic mass is 16.5. The molecule has 4 heteroatoms. The number of hydrogen-bond acceptors (Lipinski definition) is 3. The van der Waals surface area contributed by atoms with Crippen LogP contribution in [0.2, 0.25) is 0 Å². The van der Waals surface area contributed by atoms with Crippen LogP contribution in [0.5, 0.6) is 0 Å². The normalized spacial score (nSPS) is 52.0. The Morgan fingerprint density at radius 1 is 1.13 bits per heavy atom. The van der Waals surface area contributed by atoms with Gasteiger partial charge >= 0.3 is 0 Å². The highest BCUT2D eigenvalue weighted by Gasteiger charge is 2.58. The van der Waals surface area contributed by atoms with Gasteiger partial charge in [0.2, 0.25) is 5.91 Å². The maximum atomic E-state index is 12.2. The molecule has 0 aromatic carbocycles. The van der Waals surface area contributed by atoms with Crippen LogP contribution in [-0.2, 0) is 9.53 Å². The summed E-state index contributed by atoms with van der Waals surface area (Å²) in [6.07, 6.45) is 12.4. The Balaban J connectivity index is 1.29. The Hall–Kier alpha value is -0.870. The molecule has 31 heavy (non-hydrogen) atoms. The summed E-state index contributed by atoms with van der Waals surface area (Å²) < 4.78 is 6.95. The molecule has 0 bridgehead atoms. The van der Waals surface area contributed by atoms with Gasteiger partial charge in [-0.3, -0.25) is 4.79 Å². The first kappa shape index (κ1) is 20.7. The molecule has 3 saturated heterocycles. The van der Waals surface area contributed by atoms with Gasteiger partial charge in [0, 0.05) is 24.9 Å². The van der Waals surface area contributed by atoms with Crippen LogP contribution in [-0.4, -0.2) is 36.7 Å². The summed E-state index contributed by atoms with van der Waals surface area (Å²) in [5.74, 6) is 3.91. The van der Waals surface area contributed by atoms with Gasteiger partial charge in [-0.25, -0.2) is 0 Å². The van der Waals surface area contributed by atoms with Gasteiger partial charge in [0.25, 0.3) is 0 Å². The van der Waals surface area contributed by atoms with Crippen LogP contribution in [0.15, 0.2) is 11.1 Å². The Morgan fingerprint density at radius 2 is 2.00 bits per heavy atom. The number of hydrogen-bond donors (Lipinski definition) is 2. The molecule has 9 atom stereocenters. The number of rotatable bonds is 0. The molecule has 6 aliphatic rings. The number of allylic oxidation sites excluding steroid dienone is 1. The minimum Gasteiger partial charge on any atom is -0.369 e. The predicted molar refractivity (Wildman–Crippen MR) is 123 cm³/mol. The van der Waals surface area contributed by atoms with Crippen LogP contribution >= 0.6 is 0 Å². The third-order valence-electron chi connectivity index (χ3n) is 11.2. The van der Waals surface area contributed by atoms with Crippen molar-refractivity contribution in [1.82, 2.24) is 10.6 Å². The van der Waals surface area contributed by atoms with E-state index in [1.807, 2.05) is 0 Å². The number of ether oxygens (including phenoxy) is 1. The van der Waals surface area contributed by atoms with Gasteiger partial charge in [-0.15, -0.1) is 0 Å². The number of nitrogens with one attached hydrogen (secondary N) is 2. The SMILES string of the molecule is CC1=C2CC3C(CC[C@@H]4CNC(=O)CCC34C)C2CCC2(C1)OC1CCCNC1C2C. The third-order valence-corrected chi connectivity index (χ3v) is 11.2. The Bertz CT molecular complexity index is 792. The lowest BCUT2D eigenvalue weighted by Crippen LogP contribution is -2.46. The largest absolute Gasteiger partial charge is 0.369 e. The second-order valence-corrected chi connectivity index (χ2v) is 12.3. The van der Waals surface area contributed by atoms with E-state index in [2.05, 4.69) is 31.4 Å². The average molecular weight is 427 g/mol. The molecule has 5 fully saturated rings. The van der Waals surface area contributed by atoms with Crippen LogP contribution < -0.4 is 10.6 Å². The number of carbonyl (C=O) groups is 1. The van der Waals surface area contributed by atoms with Crippen LogP contribution in [0.4, 0.5) is 0 Å². The highest BCUT2D eigenvalue weighted by Crippen LogP contribution is 2.63. The summed E-state index contributed by atoms with van der Waals surface area (Å²) in [7, 11) is 0. The monoisotopic (exact) mass is 426 g/mol. The third kappa shape index (κ3) is 3.03. The number of carbonyl (C=O) groups excluding carboxylic acids is 1. The quantitative estimate of drug-likeness (QED) is 0.557. The fraction of sp³-hybridized carbons (Fsp3) is 0.889. The van der Waals surface area contributed by atoms with Gasteiger partial charge in [0.1, 0.15) is 0 Å². The average Bonchev–Trinajstić information content (AvgIpc) is 3.16. The summed E-state index contributed by atoms with van der Waals surface area (Å²) in [6, 6.07) is 0.558. The van der Waals surface area contributed by atoms with Crippen molar-refractivity contribution in [3.8, 4) is 0 Å². The zero-order valence-corrected chi connectivity index (χ0v) is 19.8. The minimum atomic E-state index is 0.0589. The van der Waals surface area contributed by atoms with Crippen molar-refractivity contribution < 1.29 is 9.53 Å². The van der Waals surface area contributed by atoms with E-state index < -0.39 is 0 Å². The fourth-order valence-electron chi connectivity index (χ4n) is 9.33. The zero-order chi connectivity index (χ0) is 21.4. The molecular formula is C27H42N2O2. The molecule has 1 spiro atoms. The van der Waals surface area contributed by atoms with E-state index in [1.54, 1.807) is 11.1 Å². The standard InChI is InChI=1S/C27H42N2O2/c1-16-14-27(17(2)25-23(31-27)5-4-12-28-25)11-8-19-20-7-6-18-15-29-24(30)9-10-26(18,3)22(20)13-21(16)19/h17-20,22-23,25,28H,4-15H2,1-3H3,(H,29,30)/t17?,18-,19?,20?,22?,23?,25?,26?,27?/m1/s1. The van der Waals surface area contributed by atoms with Crippen molar-refractivity contribution >= 4 is 5.91 Å². The maximum Gasteiger partial charge on any atom is 0.220 e. The van der Waals surface area contributed by atoms with E-state index in [0.717, 1.165) is 50.1 Å². The summed E-state index contributed by atoms with van der Waals surface area (Å²) >= 11 is 0. The molecule has 3 aliphatic heterocycles. The van der Waals surface area contributed by atoms with Crippen molar-refractivity contribution in [2.75, 3.05) is 13.1 Å². The summed E-state index contributed by atoms with van der Waals surface area (Å²) in [4.78, 5) is 12.2. The van der Waals surface area contributed by atoms with Crippen molar-refractivity contribution in [2.24, 2.45) is 35.0 Å². The minimum absolute atomic E-state index is 0.0589. The first-order valence-corrected chi connectivity index (χ1v) is 13.3. The molecule has 0 radical (unpaired) electrons. The van der Waals surface area contributed by atoms with E-state index in [-0.39, 0.29) is 11.5 Å². The van der Waals surface area contributed by atoms with Gasteiger partial charge < -0.3 is 15.4 Å². The molecular weight excluding hydrogens is 384 g/mol. The molecule has 0 aromatic rings. The number of piperidine rings is 1. The molecule has 8 unspecified atom stereocenters. The predicted octanol–water partition coefficient (Wildman–Crippen LogP) is 4.59. The molecule has 6 rings (SSSR count). The van der Waals surface area contributed by atoms with Crippen LogP contribution in [0.25, 0.3) is 0 Å². The summed E-state index contributed by atoms with van der Waals surface area (Å²) in [5.41, 5.74) is 3.85. The maximum absolute atomic E-state index is 12.2. The summed E-state index contributed by atoms with van der Waals surface area (Å²) in [5, 5.41) is 7.02. The van der Waals surface area contributed by atoms with Crippen LogP contribution in [0, 0.1) is 35.0 Å². The number of fused-ring (bicyclic) bond motifs is 6. The van der Waals surface area contributed by atoms with Gasteiger partial charge in [-0.2, -0.15) is 0 Å². The lowest BCUT2D eigenvalue weighted by atomic mass is 9.55. The number of amides is 1. The molecule has 2 N–H and O–H groups in total. The molecule has 0 aromatic heterocycles. The van der Waals surface area contributed by atoms with Crippen molar-refractivity contribution in [2.45, 2.75) is 103 Å². The molecule has 3 aliphatic carbocycles. The Labute approximate surface area is 188 Å². The van der Waals surface area contributed by atoms with E-state index >= 15 is 0 Å². The second kappa shape index (κ2) is 7.32. The van der Waals surface area contributed by atoms with E-state index in [0.29, 0.717) is 29.4 Å². The zero-order valence-electron chi connectivity index (χ0n) is 19.8. The molecule has 172 valence electrons. The van der Waals surface area contributed by atoms with Crippen molar-refractivity contribution in [3.63, 3.8) is 0 Å². The van der Waals surface area contributed by atoms with Crippen LogP contribution in [0.1, 0.15) is 85.0 Å². The van der Waals surface area contributed by atoms with Gasteiger partial charge in [0.05, 0.1) is 11.7 Å². The fourth-order valence-corrected chi connectivity index (χ4v) is 9.33. The van der Waals surface area contributed by atoms with E-state index in [4.69, 9.17) is 4.74 Å². The lowest BCUT2D eigenvalue weighted by Gasteiger charge is -2.49. The van der Waals surface area contributed by atoms with Crippen molar-refractivity contribution in [3.05, 3.63) is 11.1 Å². The topological polar surface area (TPSA) is 50.4 Å². The van der Waals surface area contributed by atoms with E-state index in [1.165, 1.54) is 44.9 Å². The molecule has 2 saturated carbocycles. The molecule has 1 amide bonds. The van der Waals surface area contributed by atoms with Crippen molar-refractivity contribution in [1.29, 1.82) is 0 Å². The Kier molecular flexibility index (Phi) is 4.89. The van der Waals surface area contributed by atoms with Gasteiger partial charge in [-0.05, 0) is 100 Å². The van der Waals surface area contributed by atoms with E-state index in [9.17, 15) is 4.79 Å². The summed E-state index contributed by atoms with van der Waals surface area (Å²) in [6.45, 7) is 9.51. The molecule has 3 heterocycles. The van der Waals surface area contributed by atoms with Gasteiger partial charge in [0.15, 0.2) is 0 Å². The first-order valence-electron chi connectivity index (χ1n) is 13.3. The first-order chi connectivity index (χ1) is 14.9. The second-order valence-electron chi connectivity index (χ2n) is 12.3. The highest BCUT2D eigenvalue weighted by molar-refractivity contribution is 5.76.